The van der Waals surface area contributed by atoms with Gasteiger partial charge in [0.2, 0.25) is 0 Å². The first kappa shape index (κ1) is 14.9. The van der Waals surface area contributed by atoms with E-state index in [1.807, 2.05) is 12.1 Å². The van der Waals surface area contributed by atoms with Crippen molar-refractivity contribution in [1.82, 2.24) is 0 Å². The summed E-state index contributed by atoms with van der Waals surface area (Å²) in [5, 5.41) is 9.31. The van der Waals surface area contributed by atoms with E-state index in [9.17, 15) is 0 Å². The van der Waals surface area contributed by atoms with E-state index in [4.69, 9.17) is 25.7 Å². The minimum absolute atomic E-state index is 0.0772. The Hall–Kier alpha value is -0.510. The monoisotopic (exact) mass is 392 g/mol. The van der Waals surface area contributed by atoms with Crippen molar-refractivity contribution in [2.45, 2.75) is 40.6 Å². The predicted octanol–water partition coefficient (Wildman–Crippen LogP) is 3.91. The summed E-state index contributed by atoms with van der Waals surface area (Å²) in [4.78, 5) is 0. The Bertz CT molecular complexity index is 535. The van der Waals surface area contributed by atoms with E-state index in [1.165, 1.54) is 0 Å². The molecule has 0 bridgehead atoms. The number of nitrogens with zero attached hydrogens (tertiary/aromatic N) is 1. The maximum absolute atomic E-state index is 8.87. The van der Waals surface area contributed by atoms with Crippen molar-refractivity contribution >= 4 is 31.8 Å². The van der Waals surface area contributed by atoms with Gasteiger partial charge in [-0.25, -0.2) is 0 Å². The number of nitriles is 1. The summed E-state index contributed by atoms with van der Waals surface area (Å²) in [7, 11) is 0. The first-order chi connectivity index (χ1) is 8.71. The quantitative estimate of drug-likeness (QED) is 0.613. The summed E-state index contributed by atoms with van der Waals surface area (Å²) < 4.78 is 6.37. The zero-order chi connectivity index (χ0) is 14.4. The topological polar surface area (TPSA) is 59.0 Å². The molecule has 104 valence electrons. The molecule has 1 saturated heterocycles. The Balaban J connectivity index is 2.23. The number of nitrogens with two attached hydrogens (primary N) is 1. The van der Waals surface area contributed by atoms with Crippen LogP contribution in [0, 0.1) is 11.3 Å². The summed E-state index contributed by atoms with van der Waals surface area (Å²) in [6.07, 6.45) is 0. The van der Waals surface area contributed by atoms with E-state index in [2.05, 4.69) is 27.7 Å². The van der Waals surface area contributed by atoms with Gasteiger partial charge in [-0.1, -0.05) is 0 Å². The number of rotatable bonds is 2. The van der Waals surface area contributed by atoms with Crippen LogP contribution in [-0.4, -0.2) is 12.9 Å². The fourth-order valence-corrected chi connectivity index (χ4v) is 10.5. The van der Waals surface area contributed by atoms with Gasteiger partial charge in [-0.2, -0.15) is 0 Å². The number of alkyl halides is 2. The molecule has 1 aromatic carbocycles. The molecule has 2 rings (SSSR count). The molecule has 1 aromatic rings. The first-order valence-electron chi connectivity index (χ1n) is 6.05. The molecule has 0 saturated carbocycles. The number of halogens is 2. The molecule has 1 aliphatic rings. The normalized spacial score (nSPS) is 22.5. The Morgan fingerprint density at radius 2 is 1.89 bits per heavy atom. The molecule has 19 heavy (non-hydrogen) atoms. The van der Waals surface area contributed by atoms with Gasteiger partial charge in [0.1, 0.15) is 0 Å². The molecular formula is C14H18ClIN2O. The molecule has 5 heteroatoms. The van der Waals surface area contributed by atoms with Crippen LogP contribution in [0.25, 0.3) is 0 Å². The minimum atomic E-state index is -1.71. The second kappa shape index (κ2) is 4.80. The van der Waals surface area contributed by atoms with Gasteiger partial charge in [-0.15, -0.1) is 0 Å². The van der Waals surface area contributed by atoms with Crippen LogP contribution in [0.15, 0.2) is 18.2 Å². The molecule has 2 N–H and O–H groups in total. The molecule has 0 atom stereocenters. The summed E-state index contributed by atoms with van der Waals surface area (Å²) in [6, 6.07) is 7.46. The van der Waals surface area contributed by atoms with Gasteiger partial charge in [-0.05, 0) is 0 Å². The summed E-state index contributed by atoms with van der Waals surface area (Å²) in [6.45, 7) is 8.72. The van der Waals surface area contributed by atoms with Crippen molar-refractivity contribution in [3.63, 3.8) is 0 Å². The summed E-state index contributed by atoms with van der Waals surface area (Å²) >= 11 is 4.32. The maximum atomic E-state index is 8.87. The third kappa shape index (κ3) is 2.32. The van der Waals surface area contributed by atoms with E-state index < -0.39 is 20.2 Å². The van der Waals surface area contributed by atoms with Gasteiger partial charge in [-0.3, -0.25) is 0 Å². The molecule has 1 aliphatic heterocycles. The number of benzene rings is 1. The van der Waals surface area contributed by atoms with Gasteiger partial charge in [0.25, 0.3) is 0 Å². The fourth-order valence-electron chi connectivity index (χ4n) is 2.53. The third-order valence-electron chi connectivity index (χ3n) is 3.59. The van der Waals surface area contributed by atoms with Crippen LogP contribution in [-0.2, 0) is 0 Å². The van der Waals surface area contributed by atoms with E-state index in [-0.39, 0.29) is 12.9 Å². The zero-order valence-electron chi connectivity index (χ0n) is 11.5. The molecule has 0 aromatic heterocycles. The summed E-state index contributed by atoms with van der Waals surface area (Å²) in [5.74, 6) is 0.752. The molecule has 0 unspecified atom stereocenters. The van der Waals surface area contributed by atoms with Crippen LogP contribution in [0.3, 0.4) is 0 Å². The second-order valence-corrected chi connectivity index (χ2v) is 13.5. The van der Waals surface area contributed by atoms with Crippen molar-refractivity contribution in [3.8, 4) is 11.8 Å². The molecule has 3 nitrogen and oxygen atoms in total. The Kier molecular flexibility index (Phi) is 3.76. The molecule has 0 aliphatic carbocycles. The van der Waals surface area contributed by atoms with E-state index >= 15 is 0 Å². The third-order valence-corrected chi connectivity index (χ3v) is 11.2. The molecule has 1 fully saturated rings. The Morgan fingerprint density at radius 3 is 2.37 bits per heavy atom. The van der Waals surface area contributed by atoms with Gasteiger partial charge in [0.05, 0.1) is 0 Å². The Labute approximate surface area is 127 Å². The van der Waals surface area contributed by atoms with Crippen LogP contribution in [0.4, 0.5) is 0 Å². The van der Waals surface area contributed by atoms with Crippen molar-refractivity contribution in [3.05, 3.63) is 28.8 Å². The van der Waals surface area contributed by atoms with Crippen LogP contribution in [0.1, 0.15) is 33.3 Å². The number of hydrogen-bond acceptors (Lipinski definition) is 3. The van der Waals surface area contributed by atoms with E-state index in [0.29, 0.717) is 10.6 Å². The average molecular weight is 393 g/mol. The van der Waals surface area contributed by atoms with Gasteiger partial charge in [0.15, 0.2) is 0 Å². The van der Waals surface area contributed by atoms with Crippen LogP contribution in [0.2, 0.25) is 5.02 Å². The zero-order valence-corrected chi connectivity index (χ0v) is 14.4. The standard InChI is InChI=1S/C14H18ClIN2O/c1-13(2)12(18)14(3,4)16(13)19-10-6-5-9(8-17)11(15)7-10/h5-7,12H,18H2,1-4H3. The predicted molar refractivity (Wildman–Crippen MR) is 86.9 cm³/mol. The van der Waals surface area contributed by atoms with Crippen molar-refractivity contribution < 1.29 is 3.07 Å². The van der Waals surface area contributed by atoms with Crippen molar-refractivity contribution in [1.29, 1.82) is 5.26 Å². The van der Waals surface area contributed by atoms with Crippen molar-refractivity contribution in [2.24, 2.45) is 5.73 Å². The molecule has 0 radical (unpaired) electrons. The van der Waals surface area contributed by atoms with Gasteiger partial charge < -0.3 is 0 Å². The van der Waals surface area contributed by atoms with Crippen molar-refractivity contribution in [2.75, 3.05) is 0 Å². The van der Waals surface area contributed by atoms with Crippen LogP contribution in [0.5, 0.6) is 5.75 Å². The SMILES string of the molecule is CC1(C)C(N)C(C)(C)I1Oc1ccc(C#N)c(Cl)c1. The summed E-state index contributed by atoms with van der Waals surface area (Å²) in [5.41, 5.74) is 6.72. The van der Waals surface area contributed by atoms with Crippen LogP contribution < -0.4 is 8.80 Å². The van der Waals surface area contributed by atoms with E-state index in [1.54, 1.807) is 12.1 Å². The molecule has 0 spiro atoms. The second-order valence-electron chi connectivity index (χ2n) is 5.69. The van der Waals surface area contributed by atoms with Gasteiger partial charge >= 0.3 is 127 Å². The van der Waals surface area contributed by atoms with Crippen LogP contribution >= 0.6 is 31.8 Å². The molecule has 1 heterocycles. The Morgan fingerprint density at radius 1 is 1.32 bits per heavy atom. The fraction of sp³-hybridized carbons (Fsp3) is 0.500. The van der Waals surface area contributed by atoms with Gasteiger partial charge in [0, 0.05) is 0 Å². The van der Waals surface area contributed by atoms with E-state index in [0.717, 1.165) is 5.75 Å². The first-order valence-corrected chi connectivity index (χ1v) is 9.46. The molecular weight excluding hydrogens is 375 g/mol. The number of hydrogen-bond donors (Lipinski definition) is 1. The molecule has 0 amide bonds. The average Bonchev–Trinajstić information content (AvgIpc) is 2.34.